The molecule has 0 radical (unpaired) electrons. The van der Waals surface area contributed by atoms with E-state index in [1.807, 2.05) is 180 Å². The minimum absolute atomic E-state index is 0.128. The predicted molar refractivity (Wildman–Crippen MR) is 365 cm³/mol. The number of fused-ring (bicyclic) bond motifs is 16. The predicted octanol–water partition coefficient (Wildman–Crippen LogP) is 16.5. The molecule has 0 unspecified atom stereocenters. The molecule has 8 aromatic heterocycles. The summed E-state index contributed by atoms with van der Waals surface area (Å²) in [6, 6.07) is 84.0. The third-order valence-electron chi connectivity index (χ3n) is 17.4. The molecule has 0 aliphatic rings. The van der Waals surface area contributed by atoms with E-state index in [1.165, 1.54) is 11.3 Å². The molecular formula is C76H42N12O3S. The molecule has 92 heavy (non-hydrogen) atoms. The van der Waals surface area contributed by atoms with Crippen molar-refractivity contribution in [3.8, 4) is 79.7 Å². The topological polar surface area (TPSA) is 169 Å². The summed E-state index contributed by atoms with van der Waals surface area (Å²) in [6.07, 6.45) is 0. The molecule has 0 saturated carbocycles. The highest BCUT2D eigenvalue weighted by Crippen LogP contribution is 2.41. The van der Waals surface area contributed by atoms with E-state index in [9.17, 15) is 9.59 Å². The van der Waals surface area contributed by atoms with Crippen LogP contribution in [0.4, 0.5) is 0 Å². The van der Waals surface area contributed by atoms with Gasteiger partial charge >= 0.3 is 5.84 Å². The Morgan fingerprint density at radius 1 is 0.326 bits per heavy atom. The Labute approximate surface area is 523 Å². The van der Waals surface area contributed by atoms with E-state index in [4.69, 9.17) is 44.3 Å². The highest BCUT2D eigenvalue weighted by Gasteiger charge is 2.25. The number of imidazole rings is 2. The molecule has 15 nitrogen and oxygen atoms in total. The van der Waals surface area contributed by atoms with E-state index in [1.54, 1.807) is 20.9 Å². The second-order valence-corrected chi connectivity index (χ2v) is 23.7. The van der Waals surface area contributed by atoms with Gasteiger partial charge < -0.3 is 8.98 Å². The van der Waals surface area contributed by atoms with Crippen molar-refractivity contribution in [3.63, 3.8) is 0 Å². The van der Waals surface area contributed by atoms with Crippen molar-refractivity contribution < 1.29 is 4.42 Å². The van der Waals surface area contributed by atoms with Crippen molar-refractivity contribution in [2.45, 2.75) is 0 Å². The molecule has 0 saturated heterocycles. The third kappa shape index (κ3) is 7.87. The van der Waals surface area contributed by atoms with Gasteiger partial charge in [-0.25, -0.2) is 33.7 Å². The van der Waals surface area contributed by atoms with E-state index in [-0.39, 0.29) is 17.0 Å². The molecule has 0 atom stereocenters. The number of nitrogens with zero attached hydrogens (tertiary/aromatic N) is 12. The lowest BCUT2D eigenvalue weighted by atomic mass is 10.0. The fourth-order valence-electron chi connectivity index (χ4n) is 13.2. The van der Waals surface area contributed by atoms with Crippen LogP contribution in [0.15, 0.2) is 269 Å². The summed E-state index contributed by atoms with van der Waals surface area (Å²) >= 11 is 1.50. The SMILES string of the molecule is O=c1c2c(ccc3c2c2ccccc2n3-c2nc(-c3ccccc3)nc(-c3cccc(-c4ccc(-c5nc(-c6ccccc6)nc(-c6cccc(-n7c8ccccc8c8c7ccc7nc9oc%10ccccc%10c(=O)n9c78)c6)n5)cc4)c3)n2)sc2nc3ccccc3n12. The molecule has 0 amide bonds. The highest BCUT2D eigenvalue weighted by atomic mass is 32.1. The minimum atomic E-state index is -0.191. The number of rotatable bonds is 8. The van der Waals surface area contributed by atoms with Crippen LogP contribution in [-0.4, -0.2) is 57.8 Å². The summed E-state index contributed by atoms with van der Waals surface area (Å²) < 4.78 is 14.7. The first kappa shape index (κ1) is 51.4. The summed E-state index contributed by atoms with van der Waals surface area (Å²) in [5.74, 6) is 3.20. The Balaban J connectivity index is 0.707. The number of hydrogen-bond acceptors (Lipinski definition) is 12. The monoisotopic (exact) mass is 1200 g/mol. The van der Waals surface area contributed by atoms with Gasteiger partial charge in [-0.2, -0.15) is 15.0 Å². The zero-order valence-corrected chi connectivity index (χ0v) is 49.1. The summed E-state index contributed by atoms with van der Waals surface area (Å²) in [5.41, 5.74) is 13.4. The van der Waals surface area contributed by atoms with Gasteiger partial charge in [-0.15, -0.1) is 0 Å². The van der Waals surface area contributed by atoms with Crippen molar-refractivity contribution in [1.29, 1.82) is 0 Å². The van der Waals surface area contributed by atoms with E-state index >= 15 is 0 Å². The fourth-order valence-corrected chi connectivity index (χ4v) is 14.3. The van der Waals surface area contributed by atoms with Gasteiger partial charge in [0.15, 0.2) is 34.1 Å². The third-order valence-corrected chi connectivity index (χ3v) is 18.4. The van der Waals surface area contributed by atoms with Crippen LogP contribution in [0.2, 0.25) is 0 Å². The Hall–Kier alpha value is -12.7. The molecule has 0 aliphatic heterocycles. The maximum Gasteiger partial charge on any atom is 0.310 e. The Morgan fingerprint density at radius 2 is 0.859 bits per heavy atom. The largest absolute Gasteiger partial charge is 0.424 e. The van der Waals surface area contributed by atoms with Crippen molar-refractivity contribution in [1.82, 2.24) is 57.8 Å². The number of benzene rings is 11. The average molecular weight is 1200 g/mol. The number of para-hydroxylation sites is 5. The molecule has 0 aliphatic carbocycles. The lowest BCUT2D eigenvalue weighted by molar-refractivity contribution is 0.616. The van der Waals surface area contributed by atoms with Gasteiger partial charge in [0.25, 0.3) is 11.1 Å². The van der Waals surface area contributed by atoms with Crippen LogP contribution in [0.1, 0.15) is 0 Å². The van der Waals surface area contributed by atoms with Gasteiger partial charge in [0.05, 0.1) is 54.9 Å². The summed E-state index contributed by atoms with van der Waals surface area (Å²) in [6.45, 7) is 0. The fraction of sp³-hybridized carbons (Fsp3) is 0. The Morgan fingerprint density at radius 3 is 1.60 bits per heavy atom. The van der Waals surface area contributed by atoms with Gasteiger partial charge in [-0.05, 0) is 90.0 Å². The molecule has 430 valence electrons. The quantitative estimate of drug-likeness (QED) is 0.142. The van der Waals surface area contributed by atoms with Crippen molar-refractivity contribution in [3.05, 3.63) is 275 Å². The normalized spacial score (nSPS) is 12.0. The smallest absolute Gasteiger partial charge is 0.310 e. The Kier molecular flexibility index (Phi) is 11.1. The number of aromatic nitrogens is 12. The van der Waals surface area contributed by atoms with Crippen LogP contribution in [0.3, 0.4) is 0 Å². The molecule has 0 bridgehead atoms. The van der Waals surface area contributed by atoms with Crippen molar-refractivity contribution in [2.75, 3.05) is 0 Å². The second-order valence-electron chi connectivity index (χ2n) is 22.7. The molecule has 0 fully saturated rings. The first-order chi connectivity index (χ1) is 45.4. The van der Waals surface area contributed by atoms with Gasteiger partial charge in [0.2, 0.25) is 5.95 Å². The van der Waals surface area contributed by atoms with Crippen LogP contribution >= 0.6 is 11.3 Å². The lowest BCUT2D eigenvalue weighted by Gasteiger charge is -2.12. The highest BCUT2D eigenvalue weighted by molar-refractivity contribution is 7.23. The lowest BCUT2D eigenvalue weighted by Crippen LogP contribution is -2.12. The molecule has 16 heteroatoms. The van der Waals surface area contributed by atoms with Gasteiger partial charge in [0.1, 0.15) is 5.58 Å². The van der Waals surface area contributed by atoms with Crippen molar-refractivity contribution >= 4 is 109 Å². The van der Waals surface area contributed by atoms with Crippen LogP contribution in [-0.2, 0) is 0 Å². The van der Waals surface area contributed by atoms with Crippen LogP contribution in [0.25, 0.3) is 177 Å². The van der Waals surface area contributed by atoms with Crippen LogP contribution in [0, 0.1) is 0 Å². The molecule has 8 heterocycles. The van der Waals surface area contributed by atoms with E-state index < -0.39 is 0 Å². The molecular weight excluding hydrogens is 1160 g/mol. The standard InChI is InChI=1S/C76H42N12O3S/c89-72-53-27-9-14-32-61(53)91-75-77-55-37-38-60-64(66(55)88(72)75)52-26-8-11-29-56(52)85(60)50-24-16-23-49(42-50)70-80-67(44-17-3-1-4-18-44)79-68(81-70)46-35-33-43(34-36-46)47-21-15-22-48(41-47)71-82-69(45-19-5-2-6-20-45)83-74(84-71)86-57-30-12-7-25-51(57)63-59(86)39-40-62-65(63)73(90)87-58-31-13-10-28-54(58)78-76(87)92-62/h1-42H. The zero-order chi connectivity index (χ0) is 60.7. The molecule has 19 aromatic rings. The maximum absolute atomic E-state index is 14.9. The summed E-state index contributed by atoms with van der Waals surface area (Å²) in [4.78, 5) is 70.6. The summed E-state index contributed by atoms with van der Waals surface area (Å²) in [5, 5.41) is 4.67. The molecule has 0 N–H and O–H groups in total. The van der Waals surface area contributed by atoms with Gasteiger partial charge in [-0.1, -0.05) is 187 Å². The van der Waals surface area contributed by atoms with Crippen LogP contribution < -0.4 is 11.1 Å². The molecule has 19 rings (SSSR count). The maximum atomic E-state index is 14.9. The molecule has 0 spiro atoms. The first-order valence-corrected chi connectivity index (χ1v) is 30.7. The molecule has 11 aromatic carbocycles. The van der Waals surface area contributed by atoms with Gasteiger partial charge in [-0.3, -0.25) is 14.2 Å². The van der Waals surface area contributed by atoms with Crippen LogP contribution in [0.5, 0.6) is 0 Å². The average Bonchev–Trinajstić information content (AvgIpc) is 1.56. The zero-order valence-electron chi connectivity index (χ0n) is 48.2. The van der Waals surface area contributed by atoms with Crippen molar-refractivity contribution in [2.24, 2.45) is 0 Å². The van der Waals surface area contributed by atoms with E-state index in [0.29, 0.717) is 67.4 Å². The second kappa shape index (κ2) is 19.9. The first-order valence-electron chi connectivity index (χ1n) is 29.9. The Bertz CT molecular complexity index is 6450. The minimum Gasteiger partial charge on any atom is -0.424 e. The van der Waals surface area contributed by atoms with Gasteiger partial charge in [0, 0.05) is 59.7 Å². The summed E-state index contributed by atoms with van der Waals surface area (Å²) in [7, 11) is 0. The number of hydrogen-bond donors (Lipinski definition) is 0. The van der Waals surface area contributed by atoms with E-state index in [2.05, 4.69) is 71.3 Å². The van der Waals surface area contributed by atoms with E-state index in [0.717, 1.165) is 104 Å².